The lowest BCUT2D eigenvalue weighted by Gasteiger charge is -2.44. The van der Waals surface area contributed by atoms with Crippen LogP contribution in [-0.4, -0.2) is 62.2 Å². The van der Waals surface area contributed by atoms with E-state index in [4.69, 9.17) is 19.9 Å². The van der Waals surface area contributed by atoms with Gasteiger partial charge in [0.15, 0.2) is 5.65 Å². The number of pyridine rings is 1. The van der Waals surface area contributed by atoms with E-state index in [1.165, 1.54) is 0 Å². The summed E-state index contributed by atoms with van der Waals surface area (Å²) < 4.78 is 34.4. The lowest BCUT2D eigenvalue weighted by molar-refractivity contribution is -0.164. The van der Waals surface area contributed by atoms with Crippen LogP contribution in [-0.2, 0) is 34.9 Å². The van der Waals surface area contributed by atoms with Gasteiger partial charge in [0.2, 0.25) is 7.44 Å². The minimum atomic E-state index is -3.80. The highest BCUT2D eigenvalue weighted by atomic mass is 31.2. The van der Waals surface area contributed by atoms with Crippen molar-refractivity contribution in [3.63, 3.8) is 0 Å². The number of ether oxygens (including phenoxy) is 3. The number of carbonyl (C=O) groups excluding carboxylic acids is 2. The van der Waals surface area contributed by atoms with Crippen LogP contribution < -0.4 is 15.9 Å². The maximum absolute atomic E-state index is 14.7. The fourth-order valence-electron chi connectivity index (χ4n) is 6.10. The fraction of sp³-hybridized carbons (Fsp3) is 0.765. The number of nitrogen functional groups attached to an aromatic ring is 1. The number of fused-ring (bicyclic) bond motifs is 1. The number of hydrogen-bond acceptors (Lipinski definition) is 9. The second kappa shape index (κ2) is 13.4. The molecule has 1 atom stereocenters. The third-order valence-electron chi connectivity index (χ3n) is 9.66. The number of rotatable bonds is 13. The SMILES string of the molecule is C[C@H](Cn1cnc2c(N)ccnc21)OCP(=O)(NC(C)(C)C(=O)OC1CC(C(C)(C)C)C1)NC(C)(C)C(=O)OC1CC(C(C)(C)C)C1. The van der Waals surface area contributed by atoms with Crippen LogP contribution in [0, 0.1) is 22.7 Å². The molecule has 0 aromatic carbocycles. The van der Waals surface area contributed by atoms with Gasteiger partial charge in [-0.05, 0) is 89.0 Å². The van der Waals surface area contributed by atoms with E-state index in [1.54, 1.807) is 46.3 Å². The van der Waals surface area contributed by atoms with Gasteiger partial charge in [-0.1, -0.05) is 41.5 Å². The van der Waals surface area contributed by atoms with Crippen molar-refractivity contribution in [1.29, 1.82) is 0 Å². The molecule has 0 saturated heterocycles. The number of nitrogens with two attached hydrogens (primary N) is 1. The molecular weight excluding hydrogens is 619 g/mol. The highest BCUT2D eigenvalue weighted by Crippen LogP contribution is 2.46. The summed E-state index contributed by atoms with van der Waals surface area (Å²) in [6, 6.07) is 1.69. The van der Waals surface area contributed by atoms with Gasteiger partial charge >= 0.3 is 11.9 Å². The van der Waals surface area contributed by atoms with Crippen molar-refractivity contribution in [2.75, 3.05) is 12.1 Å². The molecule has 2 saturated carbocycles. The molecule has 0 bridgehead atoms. The Kier molecular flexibility index (Phi) is 10.6. The molecule has 0 aliphatic heterocycles. The summed E-state index contributed by atoms with van der Waals surface area (Å²) in [4.78, 5) is 35.6. The number of imidazole rings is 1. The molecule has 12 nitrogen and oxygen atoms in total. The van der Waals surface area contributed by atoms with Crippen LogP contribution in [0.5, 0.6) is 0 Å². The van der Waals surface area contributed by atoms with Crippen molar-refractivity contribution in [2.45, 2.75) is 138 Å². The monoisotopic (exact) mass is 676 g/mol. The Balaban J connectivity index is 1.45. The Morgan fingerprint density at radius 2 is 1.36 bits per heavy atom. The first-order valence-electron chi connectivity index (χ1n) is 16.8. The number of anilines is 1. The predicted octanol–water partition coefficient (Wildman–Crippen LogP) is 6.04. The highest BCUT2D eigenvalue weighted by Gasteiger charge is 2.47. The molecule has 0 spiro atoms. The molecular formula is C34H57N6O6P. The number of carbonyl (C=O) groups is 2. The average Bonchev–Trinajstić information content (AvgIpc) is 3.28. The van der Waals surface area contributed by atoms with Gasteiger partial charge in [0.25, 0.3) is 0 Å². The quantitative estimate of drug-likeness (QED) is 0.168. The van der Waals surface area contributed by atoms with Gasteiger partial charge in [0.1, 0.15) is 35.2 Å². The van der Waals surface area contributed by atoms with Crippen molar-refractivity contribution >= 4 is 36.2 Å². The molecule has 0 radical (unpaired) electrons. The highest BCUT2D eigenvalue weighted by molar-refractivity contribution is 7.59. The van der Waals surface area contributed by atoms with Crippen molar-refractivity contribution in [3.8, 4) is 0 Å². The van der Waals surface area contributed by atoms with Crippen LogP contribution in [0.4, 0.5) is 5.69 Å². The zero-order valence-corrected chi connectivity index (χ0v) is 31.1. The number of hydrogen-bond donors (Lipinski definition) is 3. The van der Waals surface area contributed by atoms with E-state index in [0.717, 1.165) is 25.7 Å². The zero-order chi connectivity index (χ0) is 35.2. The number of nitrogens with zero attached hydrogens (tertiary/aromatic N) is 3. The molecule has 2 fully saturated rings. The Hall–Kier alpha value is -2.53. The van der Waals surface area contributed by atoms with Crippen LogP contribution in [0.25, 0.3) is 11.2 Å². The van der Waals surface area contributed by atoms with E-state index in [0.29, 0.717) is 35.2 Å². The summed E-state index contributed by atoms with van der Waals surface area (Å²) in [5.41, 5.74) is 5.36. The van der Waals surface area contributed by atoms with Crippen LogP contribution in [0.1, 0.15) is 102 Å². The maximum Gasteiger partial charge on any atom is 0.326 e. The van der Waals surface area contributed by atoms with Crippen molar-refractivity contribution in [1.82, 2.24) is 24.7 Å². The summed E-state index contributed by atoms with van der Waals surface area (Å²) in [5, 5.41) is 6.05. The smallest absolute Gasteiger partial charge is 0.326 e. The van der Waals surface area contributed by atoms with Crippen LogP contribution in [0.3, 0.4) is 0 Å². The van der Waals surface area contributed by atoms with Gasteiger partial charge < -0.3 is 24.5 Å². The topological polar surface area (TPSA) is 160 Å². The molecule has 2 aliphatic carbocycles. The first-order valence-corrected chi connectivity index (χ1v) is 18.7. The van der Waals surface area contributed by atoms with E-state index >= 15 is 0 Å². The third-order valence-corrected chi connectivity index (χ3v) is 12.0. The van der Waals surface area contributed by atoms with E-state index in [-0.39, 0.29) is 29.4 Å². The van der Waals surface area contributed by atoms with E-state index in [1.807, 2.05) is 11.5 Å². The minimum Gasteiger partial charge on any atom is -0.461 e. The van der Waals surface area contributed by atoms with Gasteiger partial charge in [-0.2, -0.15) is 0 Å². The lowest BCUT2D eigenvalue weighted by Crippen LogP contribution is -2.55. The molecule has 2 aromatic heterocycles. The predicted molar refractivity (Wildman–Crippen MR) is 184 cm³/mol. The minimum absolute atomic E-state index is 0.142. The summed E-state index contributed by atoms with van der Waals surface area (Å²) in [6.45, 7) is 21.8. The first kappa shape index (κ1) is 37.3. The molecule has 2 heterocycles. The van der Waals surface area contributed by atoms with Crippen molar-refractivity contribution in [3.05, 3.63) is 18.6 Å². The fourth-order valence-corrected chi connectivity index (χ4v) is 8.74. The second-order valence-corrected chi connectivity index (χ2v) is 19.1. The van der Waals surface area contributed by atoms with Crippen molar-refractivity contribution in [2.24, 2.45) is 22.7 Å². The standard InChI is InChI=1S/C34H57N6O6P/c1-21(18-40-19-37-27-26(35)12-13-36-28(27)40)44-20-47(43,38-33(8,9)29(41)45-24-14-22(15-24)31(2,3)4)39-34(10,11)30(42)46-25-16-23(17-25)32(5,6)7/h12-13,19,21-25H,14-18,20H2,1-11H3,(H2,35,36)(H2,38,39,43)/t21-,22?,23?,24?,25?,47?/m1/s1. The molecule has 13 heteroatoms. The van der Waals surface area contributed by atoms with Gasteiger partial charge in [-0.25, -0.2) is 20.1 Å². The Morgan fingerprint density at radius 3 is 1.81 bits per heavy atom. The van der Waals surface area contributed by atoms with E-state index < -0.39 is 36.6 Å². The molecule has 4 rings (SSSR count). The summed E-state index contributed by atoms with van der Waals surface area (Å²) in [6.07, 6.45) is 5.31. The summed E-state index contributed by atoms with van der Waals surface area (Å²) in [7, 11) is -3.80. The molecule has 2 aromatic rings. The molecule has 4 N–H and O–H groups in total. The van der Waals surface area contributed by atoms with Gasteiger partial charge in [-0.3, -0.25) is 14.2 Å². The summed E-state index contributed by atoms with van der Waals surface area (Å²) >= 11 is 0. The Morgan fingerprint density at radius 1 is 0.894 bits per heavy atom. The molecule has 264 valence electrons. The van der Waals surface area contributed by atoms with Crippen LogP contribution >= 0.6 is 7.44 Å². The van der Waals surface area contributed by atoms with Gasteiger partial charge in [0, 0.05) is 6.20 Å². The normalized spacial score (nSPS) is 24.1. The van der Waals surface area contributed by atoms with Gasteiger partial charge in [0.05, 0.1) is 24.7 Å². The molecule has 2 aliphatic rings. The number of nitrogens with one attached hydrogen (secondary N) is 2. The first-order chi connectivity index (χ1) is 21.5. The molecule has 0 unspecified atom stereocenters. The number of aromatic nitrogens is 3. The van der Waals surface area contributed by atoms with E-state index in [2.05, 4.69) is 61.7 Å². The lowest BCUT2D eigenvalue weighted by atomic mass is 9.67. The molecule has 0 amide bonds. The van der Waals surface area contributed by atoms with Crippen LogP contribution in [0.15, 0.2) is 18.6 Å². The third kappa shape index (κ3) is 9.13. The van der Waals surface area contributed by atoms with Crippen LogP contribution in [0.2, 0.25) is 0 Å². The van der Waals surface area contributed by atoms with Gasteiger partial charge in [-0.15, -0.1) is 0 Å². The maximum atomic E-state index is 14.7. The Labute approximate surface area is 280 Å². The second-order valence-electron chi connectivity index (χ2n) is 16.9. The van der Waals surface area contributed by atoms with E-state index in [9.17, 15) is 14.2 Å². The largest absolute Gasteiger partial charge is 0.461 e. The Bertz CT molecular complexity index is 1420. The summed E-state index contributed by atoms with van der Waals surface area (Å²) in [5.74, 6) is -0.0815. The van der Waals surface area contributed by atoms with Crippen molar-refractivity contribution < 1.29 is 28.4 Å². The zero-order valence-electron chi connectivity index (χ0n) is 30.2. The number of esters is 2. The molecule has 47 heavy (non-hydrogen) atoms. The average molecular weight is 677 g/mol.